The van der Waals surface area contributed by atoms with Gasteiger partial charge in [-0.15, -0.1) is 0 Å². The van der Waals surface area contributed by atoms with Crippen LogP contribution in [0.2, 0.25) is 0 Å². The molecular weight excluding hydrogens is 516 g/mol. The molecule has 0 aromatic heterocycles. The van der Waals surface area contributed by atoms with Gasteiger partial charge < -0.3 is 29.2 Å². The summed E-state index contributed by atoms with van der Waals surface area (Å²) in [6, 6.07) is 25.6. The van der Waals surface area contributed by atoms with Crippen molar-refractivity contribution >= 4 is 0 Å². The molecule has 4 aromatic carbocycles. The topological polar surface area (TPSA) is 84.0 Å². The van der Waals surface area contributed by atoms with Crippen molar-refractivity contribution in [2.45, 2.75) is 44.7 Å². The molecule has 6 nitrogen and oxygen atoms in total. The van der Waals surface area contributed by atoms with Gasteiger partial charge in [0.15, 0.2) is 0 Å². The molecule has 0 radical (unpaired) electrons. The molecule has 6 heteroatoms. The predicted octanol–water partition coefficient (Wildman–Crippen LogP) is 5.21. The first kappa shape index (κ1) is 26.2. The number of fused-ring (bicyclic) bond motifs is 3. The average Bonchev–Trinajstić information content (AvgIpc) is 3.93. The van der Waals surface area contributed by atoms with Crippen molar-refractivity contribution in [2.75, 3.05) is 26.4 Å². The Morgan fingerprint density at radius 1 is 0.683 bits per heavy atom. The molecule has 0 saturated carbocycles. The van der Waals surface area contributed by atoms with Crippen molar-refractivity contribution in [3.05, 3.63) is 117 Å². The summed E-state index contributed by atoms with van der Waals surface area (Å²) in [6.07, 6.45) is 0.236. The second-order valence-electron chi connectivity index (χ2n) is 11.3. The minimum absolute atomic E-state index is 0.118. The van der Waals surface area contributed by atoms with E-state index in [1.165, 1.54) is 11.1 Å². The van der Waals surface area contributed by atoms with Gasteiger partial charge in [-0.2, -0.15) is 0 Å². The fourth-order valence-electron chi connectivity index (χ4n) is 6.48. The van der Waals surface area contributed by atoms with Gasteiger partial charge >= 0.3 is 0 Å². The van der Waals surface area contributed by atoms with E-state index in [2.05, 4.69) is 72.8 Å². The molecule has 41 heavy (non-hydrogen) atoms. The highest BCUT2D eigenvalue weighted by atomic mass is 16.6. The van der Waals surface area contributed by atoms with Crippen LogP contribution in [0.4, 0.5) is 0 Å². The number of aliphatic hydroxyl groups is 2. The molecule has 0 bridgehead atoms. The van der Waals surface area contributed by atoms with Gasteiger partial charge in [-0.25, -0.2) is 0 Å². The predicted molar refractivity (Wildman–Crippen MR) is 156 cm³/mol. The maximum absolute atomic E-state index is 10.5. The van der Waals surface area contributed by atoms with Gasteiger partial charge in [0.1, 0.15) is 36.9 Å². The summed E-state index contributed by atoms with van der Waals surface area (Å²) in [5.41, 5.74) is 9.45. The summed E-state index contributed by atoms with van der Waals surface area (Å²) in [4.78, 5) is 0. The largest absolute Gasteiger partial charge is 0.490 e. The van der Waals surface area contributed by atoms with Crippen molar-refractivity contribution in [3.8, 4) is 22.6 Å². The van der Waals surface area contributed by atoms with E-state index in [0.717, 1.165) is 44.5 Å². The first-order valence-corrected chi connectivity index (χ1v) is 14.2. The summed E-state index contributed by atoms with van der Waals surface area (Å²) in [6.45, 7) is 6.13. The second-order valence-corrected chi connectivity index (χ2v) is 11.3. The number of hydrogen-bond donors (Lipinski definition) is 2. The van der Waals surface area contributed by atoms with Crippen molar-refractivity contribution in [3.63, 3.8) is 0 Å². The average molecular weight is 551 g/mol. The lowest BCUT2D eigenvalue weighted by atomic mass is 9.66. The Labute approximate surface area is 240 Å². The maximum Gasteiger partial charge on any atom is 0.127 e. The van der Waals surface area contributed by atoms with Crippen LogP contribution >= 0.6 is 0 Å². The fourth-order valence-corrected chi connectivity index (χ4v) is 6.48. The smallest absolute Gasteiger partial charge is 0.127 e. The minimum atomic E-state index is -0.688. The summed E-state index contributed by atoms with van der Waals surface area (Å²) in [5, 5.41) is 21.1. The summed E-state index contributed by atoms with van der Waals surface area (Å²) >= 11 is 0. The van der Waals surface area contributed by atoms with E-state index in [0.29, 0.717) is 37.9 Å². The molecule has 2 aliphatic heterocycles. The van der Waals surface area contributed by atoms with Crippen LogP contribution in [0.25, 0.3) is 11.1 Å². The quantitative estimate of drug-likeness (QED) is 0.233. The SMILES string of the molecule is Cc1cc(C2(c3cc(C)c(OCC4CO4)c(CO)c3)c3ccccc3-c3ccccc32)cc(CO)c1OCC1CO1. The number of rotatable bonds is 10. The lowest BCUT2D eigenvalue weighted by molar-refractivity contribution is 0.242. The van der Waals surface area contributed by atoms with E-state index < -0.39 is 5.41 Å². The molecule has 2 saturated heterocycles. The van der Waals surface area contributed by atoms with Crippen molar-refractivity contribution < 1.29 is 29.2 Å². The molecule has 2 fully saturated rings. The summed E-state index contributed by atoms with van der Waals surface area (Å²) in [5.74, 6) is 1.42. The Bertz CT molecular complexity index is 1500. The Balaban J connectivity index is 1.48. The monoisotopic (exact) mass is 550 g/mol. The number of benzene rings is 4. The third-order valence-electron chi connectivity index (χ3n) is 8.49. The third-order valence-corrected chi connectivity index (χ3v) is 8.49. The van der Waals surface area contributed by atoms with E-state index in [-0.39, 0.29) is 25.4 Å². The van der Waals surface area contributed by atoms with Crippen LogP contribution in [0.1, 0.15) is 44.5 Å². The van der Waals surface area contributed by atoms with E-state index in [1.54, 1.807) is 0 Å². The molecular formula is C35H34O6. The lowest BCUT2D eigenvalue weighted by Crippen LogP contribution is -2.29. The molecule has 1 aliphatic carbocycles. The van der Waals surface area contributed by atoms with Gasteiger partial charge in [0.2, 0.25) is 0 Å². The van der Waals surface area contributed by atoms with E-state index in [4.69, 9.17) is 18.9 Å². The first-order chi connectivity index (χ1) is 20.0. The maximum atomic E-state index is 10.5. The van der Waals surface area contributed by atoms with E-state index in [1.807, 2.05) is 13.8 Å². The molecule has 210 valence electrons. The molecule has 2 N–H and O–H groups in total. The minimum Gasteiger partial charge on any atom is -0.490 e. The molecule has 3 aliphatic rings. The molecule has 7 rings (SSSR count). The highest BCUT2D eigenvalue weighted by Gasteiger charge is 2.47. The molecule has 0 spiro atoms. The van der Waals surface area contributed by atoms with Gasteiger partial charge in [-0.3, -0.25) is 0 Å². The molecule has 0 amide bonds. The molecule has 4 aromatic rings. The van der Waals surface area contributed by atoms with Crippen molar-refractivity contribution in [1.29, 1.82) is 0 Å². The van der Waals surface area contributed by atoms with Gasteiger partial charge in [-0.05, 0) is 70.5 Å². The fraction of sp³-hybridized carbons (Fsp3) is 0.314. The van der Waals surface area contributed by atoms with Crippen LogP contribution in [-0.4, -0.2) is 48.8 Å². The summed E-state index contributed by atoms with van der Waals surface area (Å²) in [7, 11) is 0. The first-order valence-electron chi connectivity index (χ1n) is 14.2. The summed E-state index contributed by atoms with van der Waals surface area (Å²) < 4.78 is 23.0. The third kappa shape index (κ3) is 4.43. The molecule has 2 unspecified atom stereocenters. The van der Waals surface area contributed by atoms with Crippen LogP contribution < -0.4 is 9.47 Å². The lowest BCUT2D eigenvalue weighted by Gasteiger charge is -2.35. The van der Waals surface area contributed by atoms with Crippen LogP contribution in [-0.2, 0) is 28.1 Å². The molecule has 2 atom stereocenters. The van der Waals surface area contributed by atoms with Gasteiger partial charge in [0.05, 0.1) is 31.8 Å². The number of aliphatic hydroxyl groups excluding tert-OH is 2. The van der Waals surface area contributed by atoms with E-state index >= 15 is 0 Å². The normalized spacial score (nSPS) is 19.4. The van der Waals surface area contributed by atoms with Crippen LogP contribution in [0.15, 0.2) is 72.8 Å². The van der Waals surface area contributed by atoms with Gasteiger partial charge in [0, 0.05) is 11.1 Å². The van der Waals surface area contributed by atoms with Crippen LogP contribution in [0, 0.1) is 13.8 Å². The van der Waals surface area contributed by atoms with Gasteiger partial charge in [-0.1, -0.05) is 60.7 Å². The Kier molecular flexibility index (Phi) is 6.59. The van der Waals surface area contributed by atoms with Crippen molar-refractivity contribution in [1.82, 2.24) is 0 Å². The Morgan fingerprint density at radius 3 is 1.49 bits per heavy atom. The Hall–Kier alpha value is -3.68. The van der Waals surface area contributed by atoms with Crippen LogP contribution in [0.3, 0.4) is 0 Å². The highest BCUT2D eigenvalue weighted by Crippen LogP contribution is 2.57. The number of epoxide rings is 2. The zero-order valence-corrected chi connectivity index (χ0v) is 23.4. The number of aryl methyl sites for hydroxylation is 2. The standard InChI is InChI=1S/C35H34O6/c1-21-11-25(13-23(15-36)33(21)40-19-27-17-38-27)35(31-9-5-3-7-29(31)30-8-4-6-10-32(30)35)26-12-22(2)34(24(14-26)16-37)41-20-28-18-39-28/h3-14,27-28,36-37H,15-20H2,1-2H3. The zero-order valence-electron chi connectivity index (χ0n) is 23.4. The van der Waals surface area contributed by atoms with Gasteiger partial charge in [0.25, 0.3) is 0 Å². The van der Waals surface area contributed by atoms with Crippen molar-refractivity contribution in [2.24, 2.45) is 0 Å². The Morgan fingerprint density at radius 2 is 1.10 bits per heavy atom. The number of ether oxygens (including phenoxy) is 4. The highest BCUT2D eigenvalue weighted by molar-refractivity contribution is 5.86. The zero-order chi connectivity index (χ0) is 28.1. The van der Waals surface area contributed by atoms with Crippen LogP contribution in [0.5, 0.6) is 11.5 Å². The number of hydrogen-bond acceptors (Lipinski definition) is 6. The second kappa shape index (κ2) is 10.3. The molecule has 2 heterocycles. The van der Waals surface area contributed by atoms with E-state index in [9.17, 15) is 10.2 Å².